The van der Waals surface area contributed by atoms with Gasteiger partial charge in [0.05, 0.1) is 30.4 Å². The van der Waals surface area contributed by atoms with Crippen molar-refractivity contribution < 1.29 is 24.0 Å². The Morgan fingerprint density at radius 1 is 1.29 bits per heavy atom. The third-order valence-corrected chi connectivity index (χ3v) is 4.12. The molecule has 3 rings (SSSR count). The van der Waals surface area contributed by atoms with E-state index >= 15 is 0 Å². The van der Waals surface area contributed by atoms with Crippen LogP contribution in [-0.4, -0.2) is 36.4 Å². The number of nitrogens with zero attached hydrogens (tertiary/aromatic N) is 2. The van der Waals surface area contributed by atoms with Crippen molar-refractivity contribution in [3.8, 4) is 11.5 Å². The number of oxime groups is 1. The number of nitro groups is 1. The molecule has 1 unspecified atom stereocenters. The molecule has 1 aliphatic heterocycles. The van der Waals surface area contributed by atoms with Crippen LogP contribution in [0.3, 0.4) is 0 Å². The first-order chi connectivity index (χ1) is 13.5. The first-order valence-electron chi connectivity index (χ1n) is 8.61. The minimum absolute atomic E-state index is 0.0694. The van der Waals surface area contributed by atoms with Crippen LogP contribution < -0.4 is 14.8 Å². The SMILES string of the molecule is CCOc1ccc(NC(=O)C2CC(c3ccc(OC)cc3)=NO2)c([N+](=O)[O-])c1. The van der Waals surface area contributed by atoms with E-state index in [2.05, 4.69) is 10.5 Å². The zero-order chi connectivity index (χ0) is 20.1. The molecule has 1 atom stereocenters. The van der Waals surface area contributed by atoms with Gasteiger partial charge in [-0.15, -0.1) is 0 Å². The van der Waals surface area contributed by atoms with Crippen LogP contribution in [0.1, 0.15) is 18.9 Å². The van der Waals surface area contributed by atoms with Crippen molar-refractivity contribution in [2.24, 2.45) is 5.16 Å². The van der Waals surface area contributed by atoms with Crippen LogP contribution in [-0.2, 0) is 9.63 Å². The molecule has 1 amide bonds. The summed E-state index contributed by atoms with van der Waals surface area (Å²) >= 11 is 0. The summed E-state index contributed by atoms with van der Waals surface area (Å²) in [5.41, 5.74) is 1.24. The molecule has 0 saturated heterocycles. The summed E-state index contributed by atoms with van der Waals surface area (Å²) < 4.78 is 10.4. The van der Waals surface area contributed by atoms with Crippen LogP contribution in [0.4, 0.5) is 11.4 Å². The standard InChI is InChI=1S/C19H19N3O6/c1-3-27-14-8-9-15(17(10-14)22(24)25)20-19(23)18-11-16(21-28-18)12-4-6-13(26-2)7-5-12/h4-10,18H,3,11H2,1-2H3,(H,20,23). The molecule has 1 heterocycles. The summed E-state index contributed by atoms with van der Waals surface area (Å²) in [7, 11) is 1.58. The highest BCUT2D eigenvalue weighted by Crippen LogP contribution is 2.30. The van der Waals surface area contributed by atoms with Crippen molar-refractivity contribution >= 4 is 23.0 Å². The van der Waals surface area contributed by atoms with Gasteiger partial charge in [-0.1, -0.05) is 5.16 Å². The highest BCUT2D eigenvalue weighted by molar-refractivity contribution is 6.06. The summed E-state index contributed by atoms with van der Waals surface area (Å²) in [4.78, 5) is 28.4. The van der Waals surface area contributed by atoms with E-state index in [-0.39, 0.29) is 17.8 Å². The molecule has 9 heteroatoms. The highest BCUT2D eigenvalue weighted by atomic mass is 16.6. The zero-order valence-electron chi connectivity index (χ0n) is 15.4. The molecule has 2 aromatic rings. The first kappa shape index (κ1) is 19.2. The highest BCUT2D eigenvalue weighted by Gasteiger charge is 2.30. The van der Waals surface area contributed by atoms with Crippen LogP contribution in [0.5, 0.6) is 11.5 Å². The number of nitrogens with one attached hydrogen (secondary N) is 1. The van der Waals surface area contributed by atoms with E-state index in [9.17, 15) is 14.9 Å². The van der Waals surface area contributed by atoms with Gasteiger partial charge < -0.3 is 19.6 Å². The second-order valence-corrected chi connectivity index (χ2v) is 5.92. The molecule has 0 spiro atoms. The van der Waals surface area contributed by atoms with E-state index in [4.69, 9.17) is 14.3 Å². The Bertz CT molecular complexity index is 910. The molecule has 146 valence electrons. The van der Waals surface area contributed by atoms with Crippen molar-refractivity contribution in [2.45, 2.75) is 19.4 Å². The molecular formula is C19H19N3O6. The number of amides is 1. The second kappa shape index (κ2) is 8.38. The lowest BCUT2D eigenvalue weighted by Crippen LogP contribution is -2.28. The normalized spacial score (nSPS) is 15.4. The van der Waals surface area contributed by atoms with Gasteiger partial charge in [0.2, 0.25) is 6.10 Å². The number of benzene rings is 2. The number of ether oxygens (including phenoxy) is 2. The van der Waals surface area contributed by atoms with Gasteiger partial charge in [-0.3, -0.25) is 14.9 Å². The Hall–Kier alpha value is -3.62. The topological polar surface area (TPSA) is 112 Å². The van der Waals surface area contributed by atoms with Crippen molar-refractivity contribution in [1.29, 1.82) is 0 Å². The lowest BCUT2D eigenvalue weighted by atomic mass is 10.0. The predicted molar refractivity (Wildman–Crippen MR) is 102 cm³/mol. The largest absolute Gasteiger partial charge is 0.497 e. The first-order valence-corrected chi connectivity index (χ1v) is 8.61. The van der Waals surface area contributed by atoms with Crippen LogP contribution in [0.15, 0.2) is 47.6 Å². The van der Waals surface area contributed by atoms with Gasteiger partial charge in [-0.05, 0) is 48.9 Å². The summed E-state index contributed by atoms with van der Waals surface area (Å²) in [6.45, 7) is 2.16. The maximum absolute atomic E-state index is 12.5. The predicted octanol–water partition coefficient (Wildman–Crippen LogP) is 3.13. The molecule has 0 aliphatic carbocycles. The molecule has 0 saturated carbocycles. The lowest BCUT2D eigenvalue weighted by molar-refractivity contribution is -0.384. The van der Waals surface area contributed by atoms with E-state index in [1.807, 2.05) is 12.1 Å². The molecular weight excluding hydrogens is 366 g/mol. The third kappa shape index (κ3) is 4.20. The van der Waals surface area contributed by atoms with Crippen molar-refractivity contribution in [3.63, 3.8) is 0 Å². The molecule has 0 bridgehead atoms. The summed E-state index contributed by atoms with van der Waals surface area (Å²) in [5.74, 6) is 0.550. The number of nitro benzene ring substituents is 1. The molecule has 1 aliphatic rings. The average molecular weight is 385 g/mol. The van der Waals surface area contributed by atoms with Gasteiger partial charge in [0.15, 0.2) is 0 Å². The lowest BCUT2D eigenvalue weighted by Gasteiger charge is -2.11. The van der Waals surface area contributed by atoms with E-state index < -0.39 is 16.9 Å². The Kier molecular flexibility index (Phi) is 5.73. The maximum atomic E-state index is 12.5. The van der Waals surface area contributed by atoms with E-state index in [0.717, 1.165) is 5.56 Å². The van der Waals surface area contributed by atoms with Gasteiger partial charge in [-0.25, -0.2) is 0 Å². The Morgan fingerprint density at radius 2 is 2.00 bits per heavy atom. The number of hydrogen-bond donors (Lipinski definition) is 1. The second-order valence-electron chi connectivity index (χ2n) is 5.92. The van der Waals surface area contributed by atoms with E-state index in [1.165, 1.54) is 12.1 Å². The average Bonchev–Trinajstić information content (AvgIpc) is 3.19. The Morgan fingerprint density at radius 3 is 2.64 bits per heavy atom. The third-order valence-electron chi connectivity index (χ3n) is 4.12. The fourth-order valence-electron chi connectivity index (χ4n) is 2.71. The summed E-state index contributed by atoms with van der Waals surface area (Å²) in [6, 6.07) is 11.5. The minimum atomic E-state index is -0.872. The quantitative estimate of drug-likeness (QED) is 0.579. The molecule has 0 radical (unpaired) electrons. The van der Waals surface area contributed by atoms with Gasteiger partial charge in [0, 0.05) is 6.42 Å². The van der Waals surface area contributed by atoms with E-state index in [1.54, 1.807) is 32.2 Å². The van der Waals surface area contributed by atoms with E-state index in [0.29, 0.717) is 23.8 Å². The number of anilines is 1. The zero-order valence-corrected chi connectivity index (χ0v) is 15.4. The molecule has 0 aromatic heterocycles. The fraction of sp³-hybridized carbons (Fsp3) is 0.263. The fourth-order valence-corrected chi connectivity index (χ4v) is 2.71. The van der Waals surface area contributed by atoms with Crippen molar-refractivity contribution in [2.75, 3.05) is 19.0 Å². The number of hydrogen-bond acceptors (Lipinski definition) is 7. The van der Waals surface area contributed by atoms with Crippen LogP contribution in [0.25, 0.3) is 0 Å². The number of carbonyl (C=O) groups excluding carboxylic acids is 1. The van der Waals surface area contributed by atoms with Gasteiger partial charge >= 0.3 is 0 Å². The summed E-state index contributed by atoms with van der Waals surface area (Å²) in [6.07, 6.45) is -0.619. The van der Waals surface area contributed by atoms with Crippen LogP contribution in [0, 0.1) is 10.1 Å². The molecule has 1 N–H and O–H groups in total. The Labute approximate surface area is 161 Å². The molecule has 9 nitrogen and oxygen atoms in total. The van der Waals surface area contributed by atoms with Gasteiger partial charge in [0.1, 0.15) is 17.2 Å². The monoisotopic (exact) mass is 385 g/mol. The van der Waals surface area contributed by atoms with Gasteiger partial charge in [0.25, 0.3) is 11.6 Å². The number of rotatable bonds is 7. The van der Waals surface area contributed by atoms with Crippen LogP contribution in [0.2, 0.25) is 0 Å². The minimum Gasteiger partial charge on any atom is -0.497 e. The van der Waals surface area contributed by atoms with Gasteiger partial charge in [-0.2, -0.15) is 0 Å². The molecule has 0 fully saturated rings. The molecule has 28 heavy (non-hydrogen) atoms. The number of carbonyl (C=O) groups is 1. The Balaban J connectivity index is 1.68. The van der Waals surface area contributed by atoms with Crippen molar-refractivity contribution in [3.05, 3.63) is 58.1 Å². The maximum Gasteiger partial charge on any atom is 0.296 e. The number of methoxy groups -OCH3 is 1. The van der Waals surface area contributed by atoms with Crippen LogP contribution >= 0.6 is 0 Å². The molecule has 2 aromatic carbocycles. The van der Waals surface area contributed by atoms with Crippen molar-refractivity contribution in [1.82, 2.24) is 0 Å². The smallest absolute Gasteiger partial charge is 0.296 e. The summed E-state index contributed by atoms with van der Waals surface area (Å²) in [5, 5.41) is 17.8.